The summed E-state index contributed by atoms with van der Waals surface area (Å²) in [6.45, 7) is 5.95. The molecule has 0 aliphatic heterocycles. The molecule has 0 aliphatic carbocycles. The summed E-state index contributed by atoms with van der Waals surface area (Å²) in [5.74, 6) is 0.870. The van der Waals surface area contributed by atoms with Crippen LogP contribution in [-0.2, 0) is 4.57 Å². The van der Waals surface area contributed by atoms with Crippen LogP contribution in [0.4, 0.5) is 11.4 Å². The Labute approximate surface area is 173 Å². The van der Waals surface area contributed by atoms with E-state index in [0.717, 1.165) is 6.42 Å². The number of hydrogen-bond donors (Lipinski definition) is 3. The Balaban J connectivity index is 0.000000892. The molecular weight excluding hydrogens is 430 g/mol. The maximum atomic E-state index is 11.2. The highest BCUT2D eigenvalue weighted by atomic mass is 35.5. The molecule has 0 fully saturated rings. The van der Waals surface area contributed by atoms with Crippen LogP contribution in [0.1, 0.15) is 27.2 Å². The number of hydrogen-bond acceptors (Lipinski definition) is 5. The van der Waals surface area contributed by atoms with E-state index in [4.69, 9.17) is 42.3 Å². The lowest BCUT2D eigenvalue weighted by molar-refractivity contribution is -0.384. The molecule has 8 nitrogen and oxygen atoms in total. The van der Waals surface area contributed by atoms with Crippen molar-refractivity contribution in [3.05, 3.63) is 56.6 Å². The highest BCUT2D eigenvalue weighted by Crippen LogP contribution is 2.36. The third-order valence-electron chi connectivity index (χ3n) is 3.64. The van der Waals surface area contributed by atoms with Crippen LogP contribution < -0.4 is 10.1 Å². The zero-order valence-electron chi connectivity index (χ0n) is 15.3. The number of rotatable bonds is 6. The smallest absolute Gasteiger partial charge is 0.456 e. The third kappa shape index (κ3) is 7.96. The normalized spacial score (nSPS) is 10.5. The fraction of sp³-hybridized carbons (Fsp3) is 0.294. The first-order valence-electron chi connectivity index (χ1n) is 7.99. The lowest BCUT2D eigenvalue weighted by Crippen LogP contribution is -2.29. The summed E-state index contributed by atoms with van der Waals surface area (Å²) in [6.07, 6.45) is 0.804. The summed E-state index contributed by atoms with van der Waals surface area (Å²) in [6, 6.07) is 9.42. The van der Waals surface area contributed by atoms with Crippen molar-refractivity contribution in [3.63, 3.8) is 0 Å². The SMILES string of the molecule is CCC(C)(C)Nc1cc(Oc2ccc(Cl)cc2Cl)ccc1[N+](=O)[O-].O=[P+](O)O. The Morgan fingerprint density at radius 1 is 1.21 bits per heavy atom. The van der Waals surface area contributed by atoms with Gasteiger partial charge in [0.25, 0.3) is 5.69 Å². The molecule has 0 bridgehead atoms. The Kier molecular flexibility index (Phi) is 9.07. The maximum absolute atomic E-state index is 11.2. The molecule has 0 radical (unpaired) electrons. The molecular formula is C17H20Cl2N2O6P+. The minimum Gasteiger partial charge on any atom is -0.456 e. The number of anilines is 1. The van der Waals surface area contributed by atoms with Gasteiger partial charge in [-0.1, -0.05) is 30.1 Å². The van der Waals surface area contributed by atoms with Gasteiger partial charge in [0.15, 0.2) is 0 Å². The lowest BCUT2D eigenvalue weighted by atomic mass is 10.0. The average molecular weight is 450 g/mol. The van der Waals surface area contributed by atoms with Crippen LogP contribution in [0.15, 0.2) is 36.4 Å². The van der Waals surface area contributed by atoms with Crippen LogP contribution in [0.2, 0.25) is 10.0 Å². The van der Waals surface area contributed by atoms with Crippen molar-refractivity contribution in [1.82, 2.24) is 0 Å². The fourth-order valence-corrected chi connectivity index (χ4v) is 2.42. The van der Waals surface area contributed by atoms with Crippen molar-refractivity contribution in [3.8, 4) is 11.5 Å². The molecule has 0 aliphatic rings. The molecule has 0 saturated heterocycles. The highest BCUT2D eigenvalue weighted by molar-refractivity contribution is 7.30. The number of nitro benzene ring substituents is 1. The summed E-state index contributed by atoms with van der Waals surface area (Å²) < 4.78 is 14.4. The zero-order valence-corrected chi connectivity index (χ0v) is 17.8. The topological polar surface area (TPSA) is 122 Å². The Hall–Kier alpha value is -1.96. The first kappa shape index (κ1) is 24.1. The summed E-state index contributed by atoms with van der Waals surface area (Å²) >= 11 is 12.0. The molecule has 152 valence electrons. The van der Waals surface area contributed by atoms with Gasteiger partial charge in [0, 0.05) is 27.3 Å². The van der Waals surface area contributed by atoms with Gasteiger partial charge in [-0.2, -0.15) is 0 Å². The van der Waals surface area contributed by atoms with Crippen molar-refractivity contribution >= 4 is 42.8 Å². The first-order chi connectivity index (χ1) is 12.9. The molecule has 0 saturated carbocycles. The van der Waals surface area contributed by atoms with Crippen LogP contribution in [0.5, 0.6) is 11.5 Å². The third-order valence-corrected chi connectivity index (χ3v) is 4.17. The molecule has 3 N–H and O–H groups in total. The standard InChI is InChI=1S/C17H18Cl2N2O3.HO3P/c1-4-17(2,3)20-14-10-12(6-7-15(14)21(22)23)24-16-8-5-11(18)9-13(16)19;1-4(2)3/h5-10,20H,4H2,1-3H3;(H-,1,2,3)/p+1. The molecule has 28 heavy (non-hydrogen) atoms. The van der Waals surface area contributed by atoms with E-state index in [9.17, 15) is 10.1 Å². The monoisotopic (exact) mass is 449 g/mol. The van der Waals surface area contributed by atoms with Crippen molar-refractivity contribution in [1.29, 1.82) is 0 Å². The maximum Gasteiger partial charge on any atom is 0.692 e. The fourth-order valence-electron chi connectivity index (χ4n) is 1.98. The number of ether oxygens (including phenoxy) is 1. The summed E-state index contributed by atoms with van der Waals surface area (Å²) in [7, 11) is -2.87. The minimum absolute atomic E-state index is 0.00826. The van der Waals surface area contributed by atoms with Gasteiger partial charge in [-0.15, -0.1) is 9.79 Å². The average Bonchev–Trinajstić information content (AvgIpc) is 2.56. The molecule has 0 aromatic heterocycles. The van der Waals surface area contributed by atoms with E-state index < -0.39 is 13.2 Å². The molecule has 0 atom stereocenters. The van der Waals surface area contributed by atoms with E-state index in [1.54, 1.807) is 24.3 Å². The Morgan fingerprint density at radius 2 is 1.82 bits per heavy atom. The molecule has 2 rings (SSSR count). The van der Waals surface area contributed by atoms with Crippen LogP contribution in [0.25, 0.3) is 0 Å². The van der Waals surface area contributed by atoms with E-state index in [1.807, 2.05) is 20.8 Å². The minimum atomic E-state index is -2.87. The van der Waals surface area contributed by atoms with E-state index >= 15 is 0 Å². The summed E-state index contributed by atoms with van der Waals surface area (Å²) in [4.78, 5) is 25.1. The van der Waals surface area contributed by atoms with Crippen LogP contribution in [-0.4, -0.2) is 20.2 Å². The van der Waals surface area contributed by atoms with Crippen LogP contribution in [0, 0.1) is 10.1 Å². The largest absolute Gasteiger partial charge is 0.692 e. The molecule has 2 aromatic rings. The second kappa shape index (κ2) is 10.5. The Morgan fingerprint density at radius 3 is 2.32 bits per heavy atom. The lowest BCUT2D eigenvalue weighted by Gasteiger charge is -2.26. The van der Waals surface area contributed by atoms with Crippen LogP contribution >= 0.6 is 31.5 Å². The van der Waals surface area contributed by atoms with Gasteiger partial charge < -0.3 is 10.1 Å². The second-order valence-corrected chi connectivity index (χ2v) is 7.58. The molecule has 11 heteroatoms. The van der Waals surface area contributed by atoms with Crippen molar-refractivity contribution in [2.24, 2.45) is 0 Å². The number of benzene rings is 2. The van der Waals surface area contributed by atoms with Gasteiger partial charge in [0.05, 0.1) is 9.95 Å². The molecule has 2 aromatic carbocycles. The summed E-state index contributed by atoms with van der Waals surface area (Å²) in [5.41, 5.74) is 0.0990. The molecule has 0 spiro atoms. The Bertz CT molecular complexity index is 860. The number of nitro groups is 1. The van der Waals surface area contributed by atoms with Crippen LogP contribution in [0.3, 0.4) is 0 Å². The quantitative estimate of drug-likeness (QED) is 0.284. The predicted octanol–water partition coefficient (Wildman–Crippen LogP) is 5.92. The molecule has 0 unspecified atom stereocenters. The molecule has 0 heterocycles. The van der Waals surface area contributed by atoms with Gasteiger partial charge in [-0.3, -0.25) is 10.1 Å². The van der Waals surface area contributed by atoms with E-state index in [-0.39, 0.29) is 11.2 Å². The second-order valence-electron chi connectivity index (χ2n) is 6.23. The van der Waals surface area contributed by atoms with E-state index in [2.05, 4.69) is 5.32 Å². The van der Waals surface area contributed by atoms with Crippen molar-refractivity contribution in [2.45, 2.75) is 32.7 Å². The first-order valence-corrected chi connectivity index (χ1v) is 9.92. The molecule has 0 amide bonds. The van der Waals surface area contributed by atoms with Gasteiger partial charge in [-0.05, 0) is 44.5 Å². The number of nitrogens with zero attached hydrogens (tertiary/aromatic N) is 1. The number of nitrogens with one attached hydrogen (secondary N) is 1. The van der Waals surface area contributed by atoms with Gasteiger partial charge in [-0.25, -0.2) is 0 Å². The predicted molar refractivity (Wildman–Crippen MR) is 110 cm³/mol. The highest BCUT2D eigenvalue weighted by Gasteiger charge is 2.22. The number of halogens is 2. The summed E-state index contributed by atoms with van der Waals surface area (Å²) in [5, 5.41) is 15.3. The van der Waals surface area contributed by atoms with E-state index in [1.165, 1.54) is 12.1 Å². The zero-order chi connectivity index (χ0) is 21.5. The van der Waals surface area contributed by atoms with E-state index in [0.29, 0.717) is 27.2 Å². The van der Waals surface area contributed by atoms with Gasteiger partial charge in [0.1, 0.15) is 17.2 Å². The van der Waals surface area contributed by atoms with Gasteiger partial charge in [0.2, 0.25) is 0 Å². The van der Waals surface area contributed by atoms with Crippen molar-refractivity contribution < 1.29 is 24.0 Å². The van der Waals surface area contributed by atoms with Crippen molar-refractivity contribution in [2.75, 3.05) is 5.32 Å². The van der Waals surface area contributed by atoms with Gasteiger partial charge >= 0.3 is 8.25 Å².